The van der Waals surface area contributed by atoms with Crippen LogP contribution in [0.25, 0.3) is 0 Å². The van der Waals surface area contributed by atoms with E-state index in [-0.39, 0.29) is 0 Å². The van der Waals surface area contributed by atoms with E-state index in [0.717, 1.165) is 6.04 Å². The van der Waals surface area contributed by atoms with E-state index >= 15 is 0 Å². The van der Waals surface area contributed by atoms with Crippen LogP contribution in [0.4, 0.5) is 0 Å². The quantitative estimate of drug-likeness (QED) is 0.299. The van der Waals surface area contributed by atoms with Crippen LogP contribution in [0.5, 0.6) is 0 Å². The van der Waals surface area contributed by atoms with Crippen molar-refractivity contribution in [2.45, 2.75) is 32.9 Å². The average molecular weight is 205 g/mol. The number of nitrogens with zero attached hydrogens (tertiary/aromatic N) is 1. The normalized spacial score (nSPS) is 12.5. The second-order valence-corrected chi connectivity index (χ2v) is 6.18. The van der Waals surface area contributed by atoms with Gasteiger partial charge in [0.05, 0.1) is 0 Å². The van der Waals surface area contributed by atoms with Crippen LogP contribution >= 0.6 is 0 Å². The zero-order valence-electron chi connectivity index (χ0n) is 8.62. The maximum atomic E-state index is 8.23. The number of rotatable bonds is 7. The van der Waals surface area contributed by atoms with Gasteiger partial charge >= 0.3 is 8.56 Å². The van der Waals surface area contributed by atoms with Gasteiger partial charge in [0, 0.05) is 19.4 Å². The molecule has 0 spiro atoms. The first-order chi connectivity index (χ1) is 6.18. The maximum Gasteiger partial charge on any atom is 0.335 e. The molecule has 0 aromatic heterocycles. The fourth-order valence-corrected chi connectivity index (χ4v) is 3.43. The predicted octanol–water partition coefficient (Wildman–Crippen LogP) is 1.98. The van der Waals surface area contributed by atoms with Crippen molar-refractivity contribution in [3.63, 3.8) is 0 Å². The molecule has 0 aliphatic heterocycles. The van der Waals surface area contributed by atoms with E-state index in [4.69, 9.17) is 14.1 Å². The van der Waals surface area contributed by atoms with Crippen LogP contribution in [-0.4, -0.2) is 33.2 Å². The van der Waals surface area contributed by atoms with Crippen molar-refractivity contribution in [2.75, 3.05) is 13.2 Å². The van der Waals surface area contributed by atoms with Gasteiger partial charge in [-0.3, -0.25) is 0 Å². The minimum atomic E-state index is -1.99. The standard InChI is InChI=1S/C8H19NO3Si/c1-4-11-13(3,12-5-2)8-6-7-9-10/h7,10H,4-6,8H2,1-3H3. The molecule has 4 nitrogen and oxygen atoms in total. The van der Waals surface area contributed by atoms with Crippen LogP contribution in [0, 0.1) is 0 Å². The van der Waals surface area contributed by atoms with Crippen molar-refractivity contribution < 1.29 is 14.1 Å². The van der Waals surface area contributed by atoms with Gasteiger partial charge in [0.2, 0.25) is 0 Å². The Bertz CT molecular complexity index is 146. The SMILES string of the molecule is CCO[Si](C)(CCC=NO)OCC. The molecule has 0 atom stereocenters. The molecule has 1 N–H and O–H groups in total. The summed E-state index contributed by atoms with van der Waals surface area (Å²) in [6.45, 7) is 7.32. The van der Waals surface area contributed by atoms with Gasteiger partial charge in [-0.05, 0) is 32.9 Å². The van der Waals surface area contributed by atoms with Crippen molar-refractivity contribution in [1.82, 2.24) is 0 Å². The number of oxime groups is 1. The van der Waals surface area contributed by atoms with E-state index in [9.17, 15) is 0 Å². The molecular formula is C8H19NO3Si. The van der Waals surface area contributed by atoms with E-state index in [1.165, 1.54) is 6.21 Å². The van der Waals surface area contributed by atoms with E-state index < -0.39 is 8.56 Å². The molecule has 0 unspecified atom stereocenters. The van der Waals surface area contributed by atoms with E-state index in [0.29, 0.717) is 19.6 Å². The van der Waals surface area contributed by atoms with Crippen molar-refractivity contribution in [1.29, 1.82) is 0 Å². The third-order valence-corrected chi connectivity index (χ3v) is 4.70. The Morgan fingerprint density at radius 1 is 1.31 bits per heavy atom. The molecule has 0 amide bonds. The molecule has 0 saturated heterocycles. The maximum absolute atomic E-state index is 8.23. The van der Waals surface area contributed by atoms with Crippen LogP contribution < -0.4 is 0 Å². The molecule has 0 aliphatic carbocycles. The lowest BCUT2D eigenvalue weighted by Gasteiger charge is -2.25. The summed E-state index contributed by atoms with van der Waals surface area (Å²) in [7, 11) is -1.99. The molecule has 5 heteroatoms. The molecule has 0 radical (unpaired) electrons. The van der Waals surface area contributed by atoms with Crippen molar-refractivity contribution in [2.24, 2.45) is 5.16 Å². The Balaban J connectivity index is 3.90. The molecule has 0 aliphatic rings. The Kier molecular flexibility index (Phi) is 6.84. The molecule has 78 valence electrons. The highest BCUT2D eigenvalue weighted by atomic mass is 28.4. The second-order valence-electron chi connectivity index (χ2n) is 2.84. The fourth-order valence-electron chi connectivity index (χ4n) is 1.18. The van der Waals surface area contributed by atoms with Gasteiger partial charge in [-0.25, -0.2) is 0 Å². The Labute approximate surface area is 80.8 Å². The lowest BCUT2D eigenvalue weighted by Crippen LogP contribution is -2.38. The third kappa shape index (κ3) is 5.79. The highest BCUT2D eigenvalue weighted by Crippen LogP contribution is 2.14. The Morgan fingerprint density at radius 2 is 1.85 bits per heavy atom. The van der Waals surface area contributed by atoms with Crippen molar-refractivity contribution >= 4 is 14.8 Å². The summed E-state index contributed by atoms with van der Waals surface area (Å²) < 4.78 is 11.2. The fraction of sp³-hybridized carbons (Fsp3) is 0.875. The molecule has 13 heavy (non-hydrogen) atoms. The lowest BCUT2D eigenvalue weighted by atomic mass is 10.5. The summed E-state index contributed by atoms with van der Waals surface area (Å²) in [6.07, 6.45) is 2.18. The highest BCUT2D eigenvalue weighted by molar-refractivity contribution is 6.66. The molecule has 0 saturated carbocycles. The van der Waals surface area contributed by atoms with Gasteiger partial charge in [0.15, 0.2) is 0 Å². The Morgan fingerprint density at radius 3 is 2.23 bits per heavy atom. The molecule has 0 aromatic carbocycles. The first-order valence-corrected chi connectivity index (χ1v) is 7.14. The van der Waals surface area contributed by atoms with Crippen LogP contribution in [0.3, 0.4) is 0 Å². The predicted molar refractivity (Wildman–Crippen MR) is 54.6 cm³/mol. The summed E-state index contributed by atoms with van der Waals surface area (Å²) in [6, 6.07) is 0.832. The van der Waals surface area contributed by atoms with E-state index in [1.54, 1.807) is 0 Å². The summed E-state index contributed by atoms with van der Waals surface area (Å²) in [5.41, 5.74) is 0. The molecule has 0 rings (SSSR count). The molecule has 0 aromatic rings. The first-order valence-electron chi connectivity index (χ1n) is 4.62. The number of hydrogen-bond donors (Lipinski definition) is 1. The van der Waals surface area contributed by atoms with Gasteiger partial charge in [-0.2, -0.15) is 0 Å². The number of hydrogen-bond acceptors (Lipinski definition) is 4. The minimum absolute atomic E-state index is 0.680. The molecule has 0 fully saturated rings. The van der Waals surface area contributed by atoms with Gasteiger partial charge in [0.1, 0.15) is 0 Å². The lowest BCUT2D eigenvalue weighted by molar-refractivity contribution is 0.189. The van der Waals surface area contributed by atoms with Crippen LogP contribution in [0.1, 0.15) is 20.3 Å². The van der Waals surface area contributed by atoms with Crippen LogP contribution in [0.2, 0.25) is 12.6 Å². The largest absolute Gasteiger partial charge is 0.411 e. The van der Waals surface area contributed by atoms with E-state index in [1.807, 2.05) is 20.4 Å². The molecular weight excluding hydrogens is 186 g/mol. The van der Waals surface area contributed by atoms with Gasteiger partial charge in [0.25, 0.3) is 0 Å². The highest BCUT2D eigenvalue weighted by Gasteiger charge is 2.29. The smallest absolute Gasteiger partial charge is 0.335 e. The summed E-state index contributed by atoms with van der Waals surface area (Å²) in [5.74, 6) is 0. The Hall–Kier alpha value is -0.393. The summed E-state index contributed by atoms with van der Waals surface area (Å²) in [5, 5.41) is 11.2. The van der Waals surface area contributed by atoms with Crippen LogP contribution in [0.15, 0.2) is 5.16 Å². The van der Waals surface area contributed by atoms with Crippen molar-refractivity contribution in [3.8, 4) is 0 Å². The summed E-state index contributed by atoms with van der Waals surface area (Å²) in [4.78, 5) is 0. The van der Waals surface area contributed by atoms with Crippen molar-refractivity contribution in [3.05, 3.63) is 0 Å². The van der Waals surface area contributed by atoms with Gasteiger partial charge in [-0.15, -0.1) is 5.16 Å². The summed E-state index contributed by atoms with van der Waals surface area (Å²) >= 11 is 0. The first kappa shape index (κ1) is 12.6. The van der Waals surface area contributed by atoms with Gasteiger partial charge in [-0.1, -0.05) is 0 Å². The minimum Gasteiger partial charge on any atom is -0.411 e. The zero-order chi connectivity index (χ0) is 10.2. The zero-order valence-corrected chi connectivity index (χ0v) is 9.62. The third-order valence-electron chi connectivity index (χ3n) is 1.71. The van der Waals surface area contributed by atoms with Gasteiger partial charge < -0.3 is 14.1 Å². The second kappa shape index (κ2) is 7.05. The molecule has 0 heterocycles. The van der Waals surface area contributed by atoms with Crippen LogP contribution in [-0.2, 0) is 8.85 Å². The topological polar surface area (TPSA) is 51.0 Å². The average Bonchev–Trinajstić information content (AvgIpc) is 2.05. The van der Waals surface area contributed by atoms with E-state index in [2.05, 4.69) is 5.16 Å². The monoisotopic (exact) mass is 205 g/mol. The molecule has 0 bridgehead atoms.